The van der Waals surface area contributed by atoms with E-state index in [9.17, 15) is 9.59 Å². The molecule has 0 spiro atoms. The maximum absolute atomic E-state index is 13.7. The van der Waals surface area contributed by atoms with Gasteiger partial charge in [-0.3, -0.25) is 14.3 Å². The number of amides is 2. The lowest BCUT2D eigenvalue weighted by molar-refractivity contribution is -0.116. The first-order valence-electron chi connectivity index (χ1n) is 12.5. The summed E-state index contributed by atoms with van der Waals surface area (Å²) in [5, 5.41) is 8.31. The Morgan fingerprint density at radius 1 is 1.13 bits per heavy atom. The minimum Gasteiger partial charge on any atom is -0.497 e. The van der Waals surface area contributed by atoms with Gasteiger partial charge >= 0.3 is 0 Å². The standard InChI is InChI=1S/C28H31ClN6O3/c1-6-8-25(36)31-21-11-18(12-22(14-21)38-5)27-32-24-10-9-20(29)13-23(24)26(33-27)28(37)34(4)16-19-15-30-35(7-2)17(19)3/h9-15H,6-8,16H2,1-5H3,(H,31,36). The van der Waals surface area contributed by atoms with Gasteiger partial charge in [-0.05, 0) is 50.6 Å². The third-order valence-corrected chi connectivity index (χ3v) is 6.52. The molecule has 0 aliphatic carbocycles. The van der Waals surface area contributed by atoms with E-state index in [4.69, 9.17) is 26.3 Å². The number of carbonyl (C=O) groups is 2. The molecule has 10 heteroatoms. The van der Waals surface area contributed by atoms with Crippen molar-refractivity contribution < 1.29 is 14.3 Å². The van der Waals surface area contributed by atoms with Gasteiger partial charge < -0.3 is 15.0 Å². The minimum absolute atomic E-state index is 0.0973. The van der Waals surface area contributed by atoms with Gasteiger partial charge in [-0.15, -0.1) is 0 Å². The summed E-state index contributed by atoms with van der Waals surface area (Å²) in [5.41, 5.74) is 3.94. The highest BCUT2D eigenvalue weighted by Gasteiger charge is 2.22. The summed E-state index contributed by atoms with van der Waals surface area (Å²) < 4.78 is 7.35. The van der Waals surface area contributed by atoms with Crippen molar-refractivity contribution in [1.82, 2.24) is 24.6 Å². The van der Waals surface area contributed by atoms with E-state index in [1.807, 2.05) is 25.5 Å². The molecular formula is C28H31ClN6O3. The van der Waals surface area contributed by atoms with Crippen molar-refractivity contribution in [2.24, 2.45) is 0 Å². The molecule has 4 rings (SSSR count). The number of aromatic nitrogens is 4. The third kappa shape index (κ3) is 5.78. The molecule has 9 nitrogen and oxygen atoms in total. The Morgan fingerprint density at radius 3 is 2.61 bits per heavy atom. The number of hydrogen-bond donors (Lipinski definition) is 1. The third-order valence-electron chi connectivity index (χ3n) is 6.28. The van der Waals surface area contributed by atoms with Gasteiger partial charge in [0.05, 0.1) is 18.8 Å². The average Bonchev–Trinajstić information content (AvgIpc) is 3.26. The van der Waals surface area contributed by atoms with Gasteiger partial charge in [-0.2, -0.15) is 5.10 Å². The van der Waals surface area contributed by atoms with Crippen LogP contribution < -0.4 is 10.1 Å². The van der Waals surface area contributed by atoms with Crippen molar-refractivity contribution in [3.05, 3.63) is 64.6 Å². The van der Waals surface area contributed by atoms with Crippen molar-refractivity contribution >= 4 is 40.0 Å². The van der Waals surface area contributed by atoms with E-state index in [-0.39, 0.29) is 17.5 Å². The SMILES string of the molecule is CCCC(=O)Nc1cc(OC)cc(-c2nc(C(=O)N(C)Cc3cnn(CC)c3C)c3cc(Cl)ccc3n2)c1. The highest BCUT2D eigenvalue weighted by molar-refractivity contribution is 6.31. The number of carbonyl (C=O) groups excluding carboxylic acids is 2. The topological polar surface area (TPSA) is 102 Å². The number of ether oxygens (including phenoxy) is 1. The Hall–Kier alpha value is -3.98. The molecule has 4 aromatic rings. The molecule has 0 aliphatic heterocycles. The first-order valence-corrected chi connectivity index (χ1v) is 12.8. The Morgan fingerprint density at radius 2 is 1.92 bits per heavy atom. The van der Waals surface area contributed by atoms with Crippen molar-refractivity contribution in [2.75, 3.05) is 19.5 Å². The quantitative estimate of drug-likeness (QED) is 0.304. The van der Waals surface area contributed by atoms with Crippen molar-refractivity contribution in [2.45, 2.75) is 46.7 Å². The van der Waals surface area contributed by atoms with Crippen LogP contribution in [0.5, 0.6) is 5.75 Å². The van der Waals surface area contributed by atoms with Crippen LogP contribution in [0.4, 0.5) is 5.69 Å². The molecule has 2 amide bonds. The van der Waals surface area contributed by atoms with E-state index in [1.165, 1.54) is 0 Å². The van der Waals surface area contributed by atoms with Gasteiger partial charge in [-0.25, -0.2) is 9.97 Å². The van der Waals surface area contributed by atoms with Crippen LogP contribution in [-0.4, -0.2) is 50.6 Å². The van der Waals surface area contributed by atoms with E-state index in [0.29, 0.717) is 51.7 Å². The van der Waals surface area contributed by atoms with E-state index >= 15 is 0 Å². The first kappa shape index (κ1) is 27.1. The number of halogens is 1. The maximum Gasteiger partial charge on any atom is 0.273 e. The molecule has 0 saturated carbocycles. The normalized spacial score (nSPS) is 11.0. The maximum atomic E-state index is 13.7. The number of benzene rings is 2. The van der Waals surface area contributed by atoms with E-state index in [1.54, 1.807) is 61.7 Å². The fraction of sp³-hybridized carbons (Fsp3) is 0.321. The molecule has 0 atom stereocenters. The Bertz CT molecular complexity index is 1500. The van der Waals surface area contributed by atoms with Crippen LogP contribution in [0.3, 0.4) is 0 Å². The van der Waals surface area contributed by atoms with E-state index in [2.05, 4.69) is 10.4 Å². The molecule has 2 aromatic carbocycles. The second kappa shape index (κ2) is 11.6. The molecule has 0 aliphatic rings. The van der Waals surface area contributed by atoms with E-state index < -0.39 is 0 Å². The lowest BCUT2D eigenvalue weighted by Crippen LogP contribution is -2.27. The summed E-state index contributed by atoms with van der Waals surface area (Å²) in [6, 6.07) is 10.5. The van der Waals surface area contributed by atoms with Crippen LogP contribution in [-0.2, 0) is 17.9 Å². The Kier molecular flexibility index (Phi) is 8.26. The number of aryl methyl sites for hydroxylation is 1. The number of anilines is 1. The lowest BCUT2D eigenvalue weighted by atomic mass is 10.1. The van der Waals surface area contributed by atoms with Crippen molar-refractivity contribution in [1.29, 1.82) is 0 Å². The zero-order valence-corrected chi connectivity index (χ0v) is 23.0. The smallest absolute Gasteiger partial charge is 0.273 e. The number of methoxy groups -OCH3 is 1. The molecule has 2 heterocycles. The molecular weight excluding hydrogens is 504 g/mol. The second-order valence-electron chi connectivity index (χ2n) is 9.04. The van der Waals surface area contributed by atoms with Crippen LogP contribution in [0.1, 0.15) is 48.4 Å². The zero-order chi connectivity index (χ0) is 27.4. The van der Waals surface area contributed by atoms with Gasteiger partial charge in [0.15, 0.2) is 5.82 Å². The Labute approximate surface area is 226 Å². The van der Waals surface area contributed by atoms with Gasteiger partial charge in [0.25, 0.3) is 5.91 Å². The zero-order valence-electron chi connectivity index (χ0n) is 22.2. The molecule has 0 unspecified atom stereocenters. The molecule has 0 radical (unpaired) electrons. The van der Waals surface area contributed by atoms with Crippen LogP contribution in [0, 0.1) is 6.92 Å². The number of nitrogens with one attached hydrogen (secondary N) is 1. The van der Waals surface area contributed by atoms with E-state index in [0.717, 1.165) is 24.2 Å². The predicted octanol–water partition coefficient (Wildman–Crippen LogP) is 5.49. The fourth-order valence-corrected chi connectivity index (χ4v) is 4.40. The number of hydrogen-bond acceptors (Lipinski definition) is 6. The summed E-state index contributed by atoms with van der Waals surface area (Å²) in [6.07, 6.45) is 2.92. The Balaban J connectivity index is 1.77. The number of fused-ring (bicyclic) bond motifs is 1. The first-order chi connectivity index (χ1) is 18.2. The summed E-state index contributed by atoms with van der Waals surface area (Å²) >= 11 is 6.29. The largest absolute Gasteiger partial charge is 0.497 e. The van der Waals surface area contributed by atoms with Crippen LogP contribution in [0.2, 0.25) is 5.02 Å². The molecule has 0 fully saturated rings. The number of rotatable bonds is 9. The van der Waals surface area contributed by atoms with Crippen molar-refractivity contribution in [3.8, 4) is 17.1 Å². The lowest BCUT2D eigenvalue weighted by Gasteiger charge is -2.18. The fourth-order valence-electron chi connectivity index (χ4n) is 4.23. The summed E-state index contributed by atoms with van der Waals surface area (Å²) in [4.78, 5) is 37.0. The highest BCUT2D eigenvalue weighted by atomic mass is 35.5. The highest BCUT2D eigenvalue weighted by Crippen LogP contribution is 2.30. The van der Waals surface area contributed by atoms with Gasteiger partial charge in [-0.1, -0.05) is 18.5 Å². The van der Waals surface area contributed by atoms with Gasteiger partial charge in [0, 0.05) is 65.5 Å². The molecule has 0 saturated heterocycles. The summed E-state index contributed by atoms with van der Waals surface area (Å²) in [6.45, 7) is 7.08. The molecule has 2 aromatic heterocycles. The van der Waals surface area contributed by atoms with Gasteiger partial charge in [0.1, 0.15) is 11.4 Å². The second-order valence-corrected chi connectivity index (χ2v) is 9.47. The molecule has 0 bridgehead atoms. The molecule has 38 heavy (non-hydrogen) atoms. The molecule has 1 N–H and O–H groups in total. The van der Waals surface area contributed by atoms with Crippen molar-refractivity contribution in [3.63, 3.8) is 0 Å². The monoisotopic (exact) mass is 534 g/mol. The average molecular weight is 535 g/mol. The minimum atomic E-state index is -0.274. The van der Waals surface area contributed by atoms with Crippen LogP contribution in [0.25, 0.3) is 22.3 Å². The summed E-state index contributed by atoms with van der Waals surface area (Å²) in [7, 11) is 3.28. The molecule has 198 valence electrons. The summed E-state index contributed by atoms with van der Waals surface area (Å²) in [5.74, 6) is 0.489. The van der Waals surface area contributed by atoms with Crippen LogP contribution >= 0.6 is 11.6 Å². The number of nitrogens with zero attached hydrogens (tertiary/aromatic N) is 5. The predicted molar refractivity (Wildman–Crippen MR) is 149 cm³/mol. The van der Waals surface area contributed by atoms with Gasteiger partial charge in [0.2, 0.25) is 5.91 Å². The van der Waals surface area contributed by atoms with Crippen LogP contribution in [0.15, 0.2) is 42.6 Å².